The van der Waals surface area contributed by atoms with Gasteiger partial charge in [0.15, 0.2) is 23.4 Å². The van der Waals surface area contributed by atoms with E-state index >= 15 is 0 Å². The molecule has 1 fully saturated rings. The smallest absolute Gasteiger partial charge is 0.271 e. The van der Waals surface area contributed by atoms with Gasteiger partial charge in [0.2, 0.25) is 0 Å². The van der Waals surface area contributed by atoms with Crippen LogP contribution in [0.15, 0.2) is 42.7 Å². The fraction of sp³-hybridized carbons (Fsp3) is 0.240. The van der Waals surface area contributed by atoms with Crippen LogP contribution in [0.1, 0.15) is 32.8 Å². The van der Waals surface area contributed by atoms with Gasteiger partial charge in [-0.3, -0.25) is 14.6 Å². The first kappa shape index (κ1) is 22.1. The fourth-order valence-corrected chi connectivity index (χ4v) is 4.55. The maximum atomic E-state index is 14.8. The van der Waals surface area contributed by atoms with E-state index in [0.29, 0.717) is 65.3 Å². The first-order chi connectivity index (χ1) is 17.5. The van der Waals surface area contributed by atoms with Crippen LogP contribution in [0.25, 0.3) is 16.9 Å². The number of aromatic nitrogens is 4. The first-order valence-corrected chi connectivity index (χ1v) is 11.5. The molecular formula is C25H21F2N7O2. The molecule has 1 aromatic carbocycles. The molecule has 4 aromatic rings. The second kappa shape index (κ2) is 8.36. The van der Waals surface area contributed by atoms with E-state index in [1.807, 2.05) is 4.90 Å². The number of benzene rings is 1. The van der Waals surface area contributed by atoms with Crippen LogP contribution in [-0.2, 0) is 6.42 Å². The Morgan fingerprint density at radius 3 is 2.72 bits per heavy atom. The number of halogens is 2. The van der Waals surface area contributed by atoms with Crippen molar-refractivity contribution in [2.24, 2.45) is 0 Å². The maximum absolute atomic E-state index is 14.8. The number of rotatable bonds is 6. The quantitative estimate of drug-likeness (QED) is 0.401. The number of anilines is 3. The standard InChI is InChI=1S/C25H21F2N7O2/c1-28-20-9-23(32-34-22(11-30-24(20)34)25(36)31-19-8-17(19)27)33-5-4-15-16(6-14(26)7-21(15)33)18-3-2-13(12-35)10-29-18/h2-3,6-7,9-12,17,19,28H,4-5,8H2,1H3,(H,31,36)/t17-,19+/m0/s1. The SMILES string of the molecule is CNc1cc(N2CCc3c(-c4ccc(C=O)cn4)cc(F)cc32)nn2c(C(=O)N[C@@H]3C[C@@H]3F)cnc12. The number of fused-ring (bicyclic) bond motifs is 2. The van der Waals surface area contributed by atoms with Crippen molar-refractivity contribution in [3.63, 3.8) is 0 Å². The highest BCUT2D eigenvalue weighted by Crippen LogP contribution is 2.40. The molecule has 1 amide bonds. The fourth-order valence-electron chi connectivity index (χ4n) is 4.55. The van der Waals surface area contributed by atoms with Gasteiger partial charge < -0.3 is 15.5 Å². The number of nitrogens with one attached hydrogen (secondary N) is 2. The summed E-state index contributed by atoms with van der Waals surface area (Å²) in [6, 6.07) is 7.53. The summed E-state index contributed by atoms with van der Waals surface area (Å²) in [5.74, 6) is -0.396. The number of hydrogen-bond donors (Lipinski definition) is 2. The van der Waals surface area contributed by atoms with E-state index in [-0.39, 0.29) is 5.69 Å². The minimum Gasteiger partial charge on any atom is -0.385 e. The van der Waals surface area contributed by atoms with E-state index in [1.165, 1.54) is 29.0 Å². The van der Waals surface area contributed by atoms with Crippen molar-refractivity contribution in [1.82, 2.24) is 24.9 Å². The van der Waals surface area contributed by atoms with E-state index in [2.05, 4.69) is 25.7 Å². The Morgan fingerprint density at radius 2 is 2.03 bits per heavy atom. The molecule has 0 spiro atoms. The van der Waals surface area contributed by atoms with Crippen molar-refractivity contribution in [2.45, 2.75) is 25.1 Å². The van der Waals surface area contributed by atoms with Crippen molar-refractivity contribution in [3.8, 4) is 11.3 Å². The number of carbonyl (C=O) groups excluding carboxylic acids is 2. The lowest BCUT2D eigenvalue weighted by Gasteiger charge is -2.20. The van der Waals surface area contributed by atoms with Gasteiger partial charge in [0.05, 0.1) is 23.6 Å². The van der Waals surface area contributed by atoms with E-state index in [1.54, 1.807) is 25.2 Å². The predicted octanol–water partition coefficient (Wildman–Crippen LogP) is 3.32. The summed E-state index contributed by atoms with van der Waals surface area (Å²) in [5, 5.41) is 10.4. The molecule has 0 unspecified atom stereocenters. The van der Waals surface area contributed by atoms with Gasteiger partial charge in [-0.15, -0.1) is 5.10 Å². The first-order valence-electron chi connectivity index (χ1n) is 11.5. The molecular weight excluding hydrogens is 468 g/mol. The van der Waals surface area contributed by atoms with Crippen LogP contribution in [0.5, 0.6) is 0 Å². The number of amides is 1. The normalized spacial score (nSPS) is 18.2. The zero-order valence-corrected chi connectivity index (χ0v) is 19.2. The van der Waals surface area contributed by atoms with Crippen molar-refractivity contribution in [3.05, 3.63) is 65.4 Å². The van der Waals surface area contributed by atoms with Crippen molar-refractivity contribution in [1.29, 1.82) is 0 Å². The molecule has 182 valence electrons. The van der Waals surface area contributed by atoms with Crippen LogP contribution >= 0.6 is 0 Å². The van der Waals surface area contributed by atoms with E-state index in [9.17, 15) is 18.4 Å². The number of hydrogen-bond acceptors (Lipinski definition) is 7. The average Bonchev–Trinajstić information content (AvgIpc) is 3.24. The zero-order valence-electron chi connectivity index (χ0n) is 19.2. The third-order valence-corrected chi connectivity index (χ3v) is 6.53. The summed E-state index contributed by atoms with van der Waals surface area (Å²) in [6.45, 7) is 0.529. The van der Waals surface area contributed by atoms with Crippen molar-refractivity contribution < 1.29 is 18.4 Å². The van der Waals surface area contributed by atoms with E-state index in [0.717, 1.165) is 5.56 Å². The molecule has 11 heteroatoms. The van der Waals surface area contributed by atoms with Gasteiger partial charge in [-0.2, -0.15) is 0 Å². The van der Waals surface area contributed by atoms with Crippen LogP contribution in [0, 0.1) is 5.82 Å². The molecule has 1 aliphatic heterocycles. The van der Waals surface area contributed by atoms with Gasteiger partial charge >= 0.3 is 0 Å². The molecule has 2 atom stereocenters. The molecule has 1 aliphatic carbocycles. The van der Waals surface area contributed by atoms with Crippen LogP contribution in [-0.4, -0.2) is 57.6 Å². The van der Waals surface area contributed by atoms with Gasteiger partial charge in [-0.1, -0.05) is 0 Å². The van der Waals surface area contributed by atoms with Gasteiger partial charge in [0.1, 0.15) is 12.0 Å². The van der Waals surface area contributed by atoms with Gasteiger partial charge in [0.25, 0.3) is 5.91 Å². The molecule has 36 heavy (non-hydrogen) atoms. The molecule has 0 bridgehead atoms. The molecule has 3 aromatic heterocycles. The number of alkyl halides is 1. The summed E-state index contributed by atoms with van der Waals surface area (Å²) >= 11 is 0. The van der Waals surface area contributed by atoms with Gasteiger partial charge in [0, 0.05) is 49.1 Å². The number of nitrogens with zero attached hydrogens (tertiary/aromatic N) is 5. The molecule has 0 radical (unpaired) electrons. The summed E-state index contributed by atoms with van der Waals surface area (Å²) in [7, 11) is 1.73. The maximum Gasteiger partial charge on any atom is 0.271 e. The van der Waals surface area contributed by atoms with Crippen LogP contribution in [0.2, 0.25) is 0 Å². The summed E-state index contributed by atoms with van der Waals surface area (Å²) < 4.78 is 29.5. The highest BCUT2D eigenvalue weighted by Gasteiger charge is 2.39. The Labute approximate surface area is 204 Å². The third-order valence-electron chi connectivity index (χ3n) is 6.53. The number of imidazole rings is 1. The molecule has 2 N–H and O–H groups in total. The van der Waals surface area contributed by atoms with Gasteiger partial charge in [-0.05, 0) is 36.2 Å². The lowest BCUT2D eigenvalue weighted by Crippen LogP contribution is -2.28. The summed E-state index contributed by atoms with van der Waals surface area (Å²) in [4.78, 5) is 34.3. The largest absolute Gasteiger partial charge is 0.385 e. The van der Waals surface area contributed by atoms with Crippen LogP contribution in [0.3, 0.4) is 0 Å². The Balaban J connectivity index is 1.42. The third kappa shape index (κ3) is 3.63. The highest BCUT2D eigenvalue weighted by molar-refractivity contribution is 5.94. The monoisotopic (exact) mass is 489 g/mol. The van der Waals surface area contributed by atoms with E-state index in [4.69, 9.17) is 0 Å². The molecule has 2 aliphatic rings. The Morgan fingerprint density at radius 1 is 1.19 bits per heavy atom. The van der Waals surface area contributed by atoms with E-state index < -0.39 is 23.9 Å². The molecule has 6 rings (SSSR count). The van der Waals surface area contributed by atoms with Crippen LogP contribution < -0.4 is 15.5 Å². The lowest BCUT2D eigenvalue weighted by atomic mass is 10.0. The molecule has 4 heterocycles. The summed E-state index contributed by atoms with van der Waals surface area (Å²) in [5.41, 5.74) is 4.45. The number of aldehydes is 1. The average molecular weight is 489 g/mol. The van der Waals surface area contributed by atoms with Gasteiger partial charge in [-0.25, -0.2) is 18.3 Å². The lowest BCUT2D eigenvalue weighted by molar-refractivity contribution is 0.0940. The Bertz CT molecular complexity index is 1520. The minimum atomic E-state index is -1.03. The number of pyridine rings is 1. The topological polar surface area (TPSA) is 105 Å². The Kier molecular flexibility index (Phi) is 5.13. The summed E-state index contributed by atoms with van der Waals surface area (Å²) in [6.07, 6.45) is 3.46. The molecule has 1 saturated carbocycles. The zero-order chi connectivity index (χ0) is 25.0. The molecule has 0 saturated heterocycles. The second-order valence-electron chi connectivity index (χ2n) is 8.82. The second-order valence-corrected chi connectivity index (χ2v) is 8.82. The van der Waals surface area contributed by atoms with Crippen molar-refractivity contribution in [2.75, 3.05) is 23.8 Å². The van der Waals surface area contributed by atoms with Crippen molar-refractivity contribution >= 4 is 35.0 Å². The molecule has 9 nitrogen and oxygen atoms in total. The number of carbonyl (C=O) groups is 2. The highest BCUT2D eigenvalue weighted by atomic mass is 19.1. The minimum absolute atomic E-state index is 0.182. The Hall–Kier alpha value is -4.41. The predicted molar refractivity (Wildman–Crippen MR) is 129 cm³/mol. The van der Waals surface area contributed by atoms with Crippen LogP contribution in [0.4, 0.5) is 26.0 Å².